The van der Waals surface area contributed by atoms with Crippen molar-refractivity contribution in [3.8, 4) is 5.75 Å². The van der Waals surface area contributed by atoms with Crippen LogP contribution in [0.5, 0.6) is 5.75 Å². The highest BCUT2D eigenvalue weighted by Crippen LogP contribution is 2.30. The van der Waals surface area contributed by atoms with Crippen LogP contribution in [-0.2, 0) is 19.4 Å². The number of benzene rings is 2. The number of carbonyl (C=O) groups is 1. The van der Waals surface area contributed by atoms with Crippen LogP contribution in [0.15, 0.2) is 36.4 Å². The molecule has 30 heavy (non-hydrogen) atoms. The van der Waals surface area contributed by atoms with Gasteiger partial charge in [0, 0.05) is 25.1 Å². The molecule has 6 nitrogen and oxygen atoms in total. The summed E-state index contributed by atoms with van der Waals surface area (Å²) in [6, 6.07) is 12.1. The Hall–Kier alpha value is -3.02. The molecule has 0 unspecified atom stereocenters. The number of carboxylic acid groups (broad SMARTS) is 1. The fourth-order valence-electron chi connectivity index (χ4n) is 4.88. The Morgan fingerprint density at radius 1 is 1.17 bits per heavy atom. The van der Waals surface area contributed by atoms with Crippen LogP contribution in [0.3, 0.4) is 0 Å². The molecule has 1 aliphatic carbocycles. The van der Waals surface area contributed by atoms with Crippen LogP contribution in [0.2, 0.25) is 0 Å². The molecular formula is C24H27N3O3. The molecule has 0 radical (unpaired) electrons. The van der Waals surface area contributed by atoms with Gasteiger partial charge in [-0.25, -0.2) is 9.78 Å². The van der Waals surface area contributed by atoms with Crippen molar-refractivity contribution < 1.29 is 14.6 Å². The van der Waals surface area contributed by atoms with Crippen molar-refractivity contribution in [2.75, 3.05) is 11.9 Å². The summed E-state index contributed by atoms with van der Waals surface area (Å²) in [6.45, 7) is 1.74. The van der Waals surface area contributed by atoms with Gasteiger partial charge in [0.05, 0.1) is 17.6 Å². The molecular weight excluding hydrogens is 378 g/mol. The number of imidazole rings is 1. The summed E-state index contributed by atoms with van der Waals surface area (Å²) in [5.74, 6) is 2.72. The molecule has 3 aromatic rings. The zero-order chi connectivity index (χ0) is 20.5. The highest BCUT2D eigenvalue weighted by atomic mass is 16.5. The summed E-state index contributed by atoms with van der Waals surface area (Å²) in [7, 11) is 0. The molecule has 2 aliphatic rings. The average Bonchev–Trinajstić information content (AvgIpc) is 3.32. The minimum absolute atomic E-state index is 0.554. The van der Waals surface area contributed by atoms with E-state index >= 15 is 0 Å². The number of rotatable bonds is 5. The first-order chi connectivity index (χ1) is 14.7. The number of ether oxygens (including phenoxy) is 1. The van der Waals surface area contributed by atoms with Crippen molar-refractivity contribution in [3.63, 3.8) is 0 Å². The fourth-order valence-corrected chi connectivity index (χ4v) is 4.88. The lowest BCUT2D eigenvalue weighted by Crippen LogP contribution is -2.16. The second-order valence-corrected chi connectivity index (χ2v) is 8.49. The Balaban J connectivity index is 1.50. The van der Waals surface area contributed by atoms with E-state index in [2.05, 4.69) is 28.1 Å². The van der Waals surface area contributed by atoms with Crippen molar-refractivity contribution in [2.24, 2.45) is 5.92 Å². The van der Waals surface area contributed by atoms with Crippen LogP contribution in [0.4, 0.5) is 10.5 Å². The molecule has 1 fully saturated rings. The third-order valence-corrected chi connectivity index (χ3v) is 6.36. The third kappa shape index (κ3) is 3.86. The molecule has 0 saturated heterocycles. The first-order valence-corrected chi connectivity index (χ1v) is 10.9. The largest absolute Gasteiger partial charge is 0.493 e. The van der Waals surface area contributed by atoms with Crippen molar-refractivity contribution in [1.29, 1.82) is 0 Å². The van der Waals surface area contributed by atoms with Crippen LogP contribution in [-0.4, -0.2) is 27.4 Å². The van der Waals surface area contributed by atoms with E-state index in [9.17, 15) is 4.79 Å². The van der Waals surface area contributed by atoms with Gasteiger partial charge in [0.2, 0.25) is 0 Å². The highest BCUT2D eigenvalue weighted by Gasteiger charge is 2.20. The second kappa shape index (κ2) is 8.01. The van der Waals surface area contributed by atoms with Gasteiger partial charge < -0.3 is 14.4 Å². The average molecular weight is 405 g/mol. The standard InChI is InChI=1S/C24H27N3O3/c28-24(29)25-19-7-8-21-20(14-19)26-23(27(21)15-16-4-2-1-3-5-16)13-17-6-9-22-18(12-17)10-11-30-22/h6-9,12,14,16,25H,1-5,10-11,13,15H2,(H,28,29). The Morgan fingerprint density at radius 2 is 2.03 bits per heavy atom. The molecule has 0 atom stereocenters. The summed E-state index contributed by atoms with van der Waals surface area (Å²) in [4.78, 5) is 16.0. The van der Waals surface area contributed by atoms with E-state index in [-0.39, 0.29) is 0 Å². The van der Waals surface area contributed by atoms with Gasteiger partial charge >= 0.3 is 6.09 Å². The van der Waals surface area contributed by atoms with E-state index in [1.54, 1.807) is 0 Å². The molecule has 6 heteroatoms. The van der Waals surface area contributed by atoms with Crippen LogP contribution < -0.4 is 10.1 Å². The monoisotopic (exact) mass is 405 g/mol. The minimum atomic E-state index is -1.06. The number of fused-ring (bicyclic) bond motifs is 2. The number of anilines is 1. The van der Waals surface area contributed by atoms with E-state index < -0.39 is 6.09 Å². The molecule has 5 rings (SSSR count). The predicted octanol–water partition coefficient (Wildman–Crippen LogP) is 5.23. The Morgan fingerprint density at radius 3 is 2.87 bits per heavy atom. The predicted molar refractivity (Wildman–Crippen MR) is 116 cm³/mol. The van der Waals surface area contributed by atoms with Crippen LogP contribution >= 0.6 is 0 Å². The van der Waals surface area contributed by atoms with Crippen molar-refractivity contribution in [2.45, 2.75) is 51.5 Å². The fraction of sp³-hybridized carbons (Fsp3) is 0.417. The number of hydrogen-bond acceptors (Lipinski definition) is 3. The molecule has 2 heterocycles. The number of aromatic nitrogens is 2. The smallest absolute Gasteiger partial charge is 0.409 e. The van der Waals surface area contributed by atoms with Gasteiger partial charge in [-0.15, -0.1) is 0 Å². The van der Waals surface area contributed by atoms with Gasteiger partial charge in [0.1, 0.15) is 11.6 Å². The highest BCUT2D eigenvalue weighted by molar-refractivity contribution is 5.88. The summed E-state index contributed by atoms with van der Waals surface area (Å²) in [5, 5.41) is 11.5. The molecule has 0 bridgehead atoms. The molecule has 1 aliphatic heterocycles. The zero-order valence-corrected chi connectivity index (χ0v) is 17.1. The molecule has 156 valence electrons. The van der Waals surface area contributed by atoms with Crippen LogP contribution in [0.1, 0.15) is 49.1 Å². The summed E-state index contributed by atoms with van der Waals surface area (Å²) in [6.07, 6.45) is 7.17. The van der Waals surface area contributed by atoms with Crippen molar-refractivity contribution in [3.05, 3.63) is 53.3 Å². The SMILES string of the molecule is O=C(O)Nc1ccc2c(c1)nc(Cc1ccc3c(c1)CCO3)n2CC1CCCCC1. The van der Waals surface area contributed by atoms with Gasteiger partial charge in [0.25, 0.3) is 0 Å². The van der Waals surface area contributed by atoms with E-state index in [0.717, 1.165) is 48.6 Å². The van der Waals surface area contributed by atoms with Crippen LogP contribution in [0.25, 0.3) is 11.0 Å². The molecule has 1 amide bonds. The molecule has 1 aromatic heterocycles. The normalized spacial score (nSPS) is 16.4. The lowest BCUT2D eigenvalue weighted by atomic mass is 9.89. The Bertz CT molecular complexity index is 1080. The van der Waals surface area contributed by atoms with Gasteiger partial charge in [-0.05, 0) is 54.2 Å². The number of nitrogens with zero attached hydrogens (tertiary/aromatic N) is 2. The Kier molecular flexibility index (Phi) is 5.07. The Labute approximate surface area is 175 Å². The third-order valence-electron chi connectivity index (χ3n) is 6.36. The van der Waals surface area contributed by atoms with Gasteiger partial charge in [-0.1, -0.05) is 31.4 Å². The number of nitrogens with one attached hydrogen (secondary N) is 1. The minimum Gasteiger partial charge on any atom is -0.493 e. The maximum absolute atomic E-state index is 11.0. The summed E-state index contributed by atoms with van der Waals surface area (Å²) < 4.78 is 8.01. The zero-order valence-electron chi connectivity index (χ0n) is 17.1. The quantitative estimate of drug-likeness (QED) is 0.609. The van der Waals surface area contributed by atoms with Crippen molar-refractivity contribution >= 4 is 22.8 Å². The molecule has 2 aromatic carbocycles. The van der Waals surface area contributed by atoms with E-state index in [1.807, 2.05) is 18.2 Å². The molecule has 2 N–H and O–H groups in total. The lowest BCUT2D eigenvalue weighted by Gasteiger charge is -2.23. The van der Waals surface area contributed by atoms with E-state index in [4.69, 9.17) is 14.8 Å². The number of hydrogen-bond donors (Lipinski definition) is 2. The second-order valence-electron chi connectivity index (χ2n) is 8.49. The van der Waals surface area contributed by atoms with Gasteiger partial charge in [0.15, 0.2) is 0 Å². The summed E-state index contributed by atoms with van der Waals surface area (Å²) in [5.41, 5.74) is 4.99. The van der Waals surface area contributed by atoms with Crippen LogP contribution in [0, 0.1) is 5.92 Å². The summed E-state index contributed by atoms with van der Waals surface area (Å²) >= 11 is 0. The maximum atomic E-state index is 11.0. The number of amides is 1. The van der Waals surface area contributed by atoms with E-state index in [0.29, 0.717) is 11.6 Å². The van der Waals surface area contributed by atoms with Gasteiger partial charge in [-0.3, -0.25) is 5.32 Å². The first kappa shape index (κ1) is 19.0. The maximum Gasteiger partial charge on any atom is 0.409 e. The first-order valence-electron chi connectivity index (χ1n) is 10.9. The molecule has 1 saturated carbocycles. The van der Waals surface area contributed by atoms with Gasteiger partial charge in [-0.2, -0.15) is 0 Å². The lowest BCUT2D eigenvalue weighted by molar-refractivity contribution is 0.210. The molecule has 0 spiro atoms. The topological polar surface area (TPSA) is 76.4 Å². The van der Waals surface area contributed by atoms with Crippen molar-refractivity contribution in [1.82, 2.24) is 9.55 Å². The van der Waals surface area contributed by atoms with E-state index in [1.165, 1.54) is 43.2 Å².